The highest BCUT2D eigenvalue weighted by molar-refractivity contribution is 6.10. The van der Waals surface area contributed by atoms with Gasteiger partial charge in [0.05, 0.1) is 11.3 Å². The van der Waals surface area contributed by atoms with E-state index < -0.39 is 17.6 Å². The first-order valence-electron chi connectivity index (χ1n) is 6.46. The standard InChI is InChI=1S/C16H8F4N4/c17-15-6-3-11(7-14(15)16(18,19)20)10-1-4-12(5-2-10)23-24-13(8-21)9-22/h1-7,23H. The number of nitrogens with zero attached hydrogens (tertiary/aromatic N) is 3. The number of hydrazone groups is 1. The Balaban J connectivity index is 2.28. The van der Waals surface area contributed by atoms with Crippen LogP contribution in [0.5, 0.6) is 0 Å². The van der Waals surface area contributed by atoms with Crippen molar-refractivity contribution in [2.75, 3.05) is 5.43 Å². The molecule has 0 aromatic heterocycles. The summed E-state index contributed by atoms with van der Waals surface area (Å²) < 4.78 is 51.5. The van der Waals surface area contributed by atoms with Crippen molar-refractivity contribution >= 4 is 11.4 Å². The maximum atomic E-state index is 13.3. The molecule has 0 amide bonds. The number of nitriles is 2. The minimum Gasteiger partial charge on any atom is -0.277 e. The molecule has 120 valence electrons. The highest BCUT2D eigenvalue weighted by atomic mass is 19.4. The Morgan fingerprint density at radius 1 is 0.958 bits per heavy atom. The second-order valence-corrected chi connectivity index (χ2v) is 4.57. The van der Waals surface area contributed by atoms with E-state index in [0.29, 0.717) is 11.3 Å². The number of hydrogen-bond acceptors (Lipinski definition) is 4. The van der Waals surface area contributed by atoms with E-state index in [1.807, 2.05) is 0 Å². The molecule has 0 unspecified atom stereocenters. The van der Waals surface area contributed by atoms with E-state index in [1.54, 1.807) is 12.1 Å². The van der Waals surface area contributed by atoms with Gasteiger partial charge in [-0.2, -0.15) is 28.8 Å². The predicted molar refractivity (Wildman–Crippen MR) is 79.1 cm³/mol. The molecule has 0 saturated carbocycles. The lowest BCUT2D eigenvalue weighted by atomic mass is 10.0. The van der Waals surface area contributed by atoms with Gasteiger partial charge in [-0.05, 0) is 35.4 Å². The molecule has 0 atom stereocenters. The van der Waals surface area contributed by atoms with Crippen LogP contribution in [-0.2, 0) is 6.18 Å². The van der Waals surface area contributed by atoms with E-state index >= 15 is 0 Å². The Hall–Kier alpha value is -3.39. The number of hydrogen-bond donors (Lipinski definition) is 1. The summed E-state index contributed by atoms with van der Waals surface area (Å²) >= 11 is 0. The van der Waals surface area contributed by atoms with E-state index in [2.05, 4.69) is 10.5 Å². The molecule has 0 heterocycles. The molecule has 0 fully saturated rings. The van der Waals surface area contributed by atoms with Gasteiger partial charge in [0.2, 0.25) is 5.71 Å². The molecule has 2 aromatic rings. The van der Waals surface area contributed by atoms with Crippen LogP contribution in [0.4, 0.5) is 23.2 Å². The summed E-state index contributed by atoms with van der Waals surface area (Å²) in [4.78, 5) is 0. The molecule has 0 spiro atoms. The molecular weight excluding hydrogens is 324 g/mol. The quantitative estimate of drug-likeness (QED) is 0.517. The Morgan fingerprint density at radius 2 is 1.54 bits per heavy atom. The lowest BCUT2D eigenvalue weighted by Crippen LogP contribution is -2.08. The van der Waals surface area contributed by atoms with Crippen molar-refractivity contribution in [3.8, 4) is 23.3 Å². The van der Waals surface area contributed by atoms with E-state index in [4.69, 9.17) is 10.5 Å². The average Bonchev–Trinajstić information content (AvgIpc) is 2.56. The maximum Gasteiger partial charge on any atom is 0.419 e. The summed E-state index contributed by atoms with van der Waals surface area (Å²) in [5.41, 5.74) is 1.84. The van der Waals surface area contributed by atoms with Gasteiger partial charge in [0.1, 0.15) is 18.0 Å². The second-order valence-electron chi connectivity index (χ2n) is 4.57. The third kappa shape index (κ3) is 3.87. The third-order valence-corrected chi connectivity index (χ3v) is 3.00. The van der Waals surface area contributed by atoms with Crippen LogP contribution in [0.15, 0.2) is 47.6 Å². The summed E-state index contributed by atoms with van der Waals surface area (Å²) in [6, 6.07) is 11.9. The van der Waals surface area contributed by atoms with Crippen LogP contribution in [0.1, 0.15) is 5.56 Å². The third-order valence-electron chi connectivity index (χ3n) is 3.00. The van der Waals surface area contributed by atoms with E-state index in [1.165, 1.54) is 30.3 Å². The zero-order valence-corrected chi connectivity index (χ0v) is 11.9. The predicted octanol–water partition coefficient (Wildman–Crippen LogP) is 4.33. The molecule has 0 aliphatic carbocycles. The van der Waals surface area contributed by atoms with Crippen molar-refractivity contribution in [2.45, 2.75) is 6.18 Å². The topological polar surface area (TPSA) is 72.0 Å². The van der Waals surface area contributed by atoms with Gasteiger partial charge in [0.25, 0.3) is 0 Å². The van der Waals surface area contributed by atoms with Gasteiger partial charge in [-0.1, -0.05) is 18.2 Å². The van der Waals surface area contributed by atoms with Crippen molar-refractivity contribution in [2.24, 2.45) is 5.10 Å². The molecule has 0 aliphatic rings. The highest BCUT2D eigenvalue weighted by Gasteiger charge is 2.34. The van der Waals surface area contributed by atoms with Crippen LogP contribution in [0, 0.1) is 28.5 Å². The minimum absolute atomic E-state index is 0.202. The summed E-state index contributed by atoms with van der Waals surface area (Å²) in [5.74, 6) is -1.33. The van der Waals surface area contributed by atoms with Gasteiger partial charge >= 0.3 is 6.18 Å². The molecule has 0 saturated heterocycles. The van der Waals surface area contributed by atoms with Gasteiger partial charge in [-0.15, -0.1) is 0 Å². The van der Waals surface area contributed by atoms with Crippen LogP contribution < -0.4 is 5.43 Å². The van der Waals surface area contributed by atoms with Crippen LogP contribution in [-0.4, -0.2) is 5.71 Å². The number of alkyl halides is 3. The summed E-state index contributed by atoms with van der Waals surface area (Å²) in [5, 5.41) is 20.6. The Labute approximate surface area is 134 Å². The highest BCUT2D eigenvalue weighted by Crippen LogP contribution is 2.34. The second kappa shape index (κ2) is 6.80. The Morgan fingerprint density at radius 3 is 2.08 bits per heavy atom. The van der Waals surface area contributed by atoms with Gasteiger partial charge in [-0.25, -0.2) is 4.39 Å². The molecule has 0 aliphatic heterocycles. The summed E-state index contributed by atoms with van der Waals surface area (Å²) in [6.45, 7) is 0. The lowest BCUT2D eigenvalue weighted by Gasteiger charge is -2.10. The van der Waals surface area contributed by atoms with Crippen LogP contribution >= 0.6 is 0 Å². The number of benzene rings is 2. The fourth-order valence-corrected chi connectivity index (χ4v) is 1.85. The molecular formula is C16H8F4N4. The molecule has 2 aromatic carbocycles. The van der Waals surface area contributed by atoms with Crippen molar-refractivity contribution in [3.63, 3.8) is 0 Å². The number of anilines is 1. The van der Waals surface area contributed by atoms with Crippen molar-refractivity contribution in [3.05, 3.63) is 53.8 Å². The molecule has 8 heteroatoms. The lowest BCUT2D eigenvalue weighted by molar-refractivity contribution is -0.139. The van der Waals surface area contributed by atoms with Gasteiger partial charge < -0.3 is 0 Å². The molecule has 0 radical (unpaired) electrons. The summed E-state index contributed by atoms with van der Waals surface area (Å²) in [6.07, 6.45) is -4.78. The van der Waals surface area contributed by atoms with Gasteiger partial charge in [-0.3, -0.25) is 5.43 Å². The molecule has 0 bridgehead atoms. The zero-order chi connectivity index (χ0) is 17.7. The van der Waals surface area contributed by atoms with Crippen LogP contribution in [0.3, 0.4) is 0 Å². The molecule has 4 nitrogen and oxygen atoms in total. The minimum atomic E-state index is -4.78. The Kier molecular flexibility index (Phi) is 4.81. The van der Waals surface area contributed by atoms with Crippen molar-refractivity contribution in [1.82, 2.24) is 0 Å². The van der Waals surface area contributed by atoms with E-state index in [0.717, 1.165) is 12.1 Å². The zero-order valence-electron chi connectivity index (χ0n) is 11.9. The van der Waals surface area contributed by atoms with Crippen LogP contribution in [0.2, 0.25) is 0 Å². The Bertz CT molecular complexity index is 840. The fourth-order valence-electron chi connectivity index (χ4n) is 1.85. The number of nitrogens with one attached hydrogen (secondary N) is 1. The number of halogens is 4. The number of rotatable bonds is 3. The van der Waals surface area contributed by atoms with Crippen molar-refractivity contribution < 1.29 is 17.6 Å². The normalized spacial score (nSPS) is 10.4. The molecule has 24 heavy (non-hydrogen) atoms. The van der Waals surface area contributed by atoms with Crippen LogP contribution in [0.25, 0.3) is 11.1 Å². The smallest absolute Gasteiger partial charge is 0.277 e. The van der Waals surface area contributed by atoms with Gasteiger partial charge in [0.15, 0.2) is 0 Å². The van der Waals surface area contributed by atoms with E-state index in [9.17, 15) is 17.6 Å². The first kappa shape index (κ1) is 17.0. The largest absolute Gasteiger partial charge is 0.419 e. The van der Waals surface area contributed by atoms with Gasteiger partial charge in [0, 0.05) is 0 Å². The summed E-state index contributed by atoms with van der Waals surface area (Å²) in [7, 11) is 0. The average molecular weight is 332 g/mol. The van der Waals surface area contributed by atoms with Crippen molar-refractivity contribution in [1.29, 1.82) is 10.5 Å². The van der Waals surface area contributed by atoms with E-state index in [-0.39, 0.29) is 11.3 Å². The molecule has 1 N–H and O–H groups in total. The maximum absolute atomic E-state index is 13.3. The monoisotopic (exact) mass is 332 g/mol. The SMILES string of the molecule is N#CC(C#N)=NNc1ccc(-c2ccc(F)c(C(F)(F)F)c2)cc1. The fraction of sp³-hybridized carbons (Fsp3) is 0.0625. The molecule has 2 rings (SSSR count). The first-order chi connectivity index (χ1) is 11.3. The first-order valence-corrected chi connectivity index (χ1v) is 6.46.